The van der Waals surface area contributed by atoms with E-state index >= 15 is 0 Å². The number of nitrogens with zero attached hydrogens (tertiary/aromatic N) is 2. The summed E-state index contributed by atoms with van der Waals surface area (Å²) >= 11 is 0. The summed E-state index contributed by atoms with van der Waals surface area (Å²) in [7, 11) is 0. The number of benzene rings is 12. The molecule has 0 unspecified atom stereocenters. The molecule has 1 aromatic heterocycles. The van der Waals surface area contributed by atoms with Crippen molar-refractivity contribution < 1.29 is 0 Å². The Labute approximate surface area is 395 Å². The Morgan fingerprint density at radius 2 is 0.750 bits per heavy atom. The average Bonchev–Trinajstić information content (AvgIpc) is 3.76. The largest absolute Gasteiger partial charge is 0.310 e. The predicted octanol–water partition coefficient (Wildman–Crippen LogP) is 18.4. The molecule has 2 nitrogen and oxygen atoms in total. The van der Waals surface area contributed by atoms with E-state index in [4.69, 9.17) is 0 Å². The topological polar surface area (TPSA) is 8.17 Å². The van der Waals surface area contributed by atoms with Crippen LogP contribution in [0.25, 0.3) is 104 Å². The molecule has 2 heteroatoms. The zero-order valence-electron chi connectivity index (χ0n) is 37.3. The molecule has 68 heavy (non-hydrogen) atoms. The molecule has 0 radical (unpaired) electrons. The molecule has 12 aromatic carbocycles. The summed E-state index contributed by atoms with van der Waals surface area (Å²) in [5.41, 5.74) is 16.4. The van der Waals surface area contributed by atoms with Gasteiger partial charge in [-0.05, 0) is 144 Å². The maximum atomic E-state index is 2.40. The number of para-hydroxylation sites is 2. The first-order valence-electron chi connectivity index (χ1n) is 23.4. The quantitative estimate of drug-likeness (QED) is 0.138. The van der Waals surface area contributed by atoms with E-state index < -0.39 is 0 Å². The third-order valence-electron chi connectivity index (χ3n) is 13.8. The Morgan fingerprint density at radius 1 is 0.250 bits per heavy atom. The molecule has 0 aliphatic carbocycles. The zero-order chi connectivity index (χ0) is 45.0. The van der Waals surface area contributed by atoms with E-state index in [9.17, 15) is 0 Å². The fourth-order valence-corrected chi connectivity index (χ4v) is 10.6. The smallest absolute Gasteiger partial charge is 0.0541 e. The van der Waals surface area contributed by atoms with Gasteiger partial charge in [0.25, 0.3) is 0 Å². The summed E-state index contributed by atoms with van der Waals surface area (Å²) in [5.74, 6) is 0. The maximum Gasteiger partial charge on any atom is 0.0541 e. The van der Waals surface area contributed by atoms with Crippen LogP contribution < -0.4 is 4.90 Å². The first-order valence-corrected chi connectivity index (χ1v) is 23.4. The molecular weight excluding hydrogens is 821 g/mol. The fraction of sp³-hybridized carbons (Fsp3) is 0. The number of anilines is 3. The summed E-state index contributed by atoms with van der Waals surface area (Å²) in [6, 6.07) is 97.4. The first kappa shape index (κ1) is 39.4. The van der Waals surface area contributed by atoms with Gasteiger partial charge in [-0.15, -0.1) is 0 Å². The zero-order valence-corrected chi connectivity index (χ0v) is 37.3. The van der Waals surface area contributed by atoms with E-state index in [1.165, 1.54) is 98.6 Å². The predicted molar refractivity (Wildman–Crippen MR) is 290 cm³/mol. The lowest BCUT2D eigenvalue weighted by atomic mass is 9.91. The molecule has 0 atom stereocenters. The first-order chi connectivity index (χ1) is 33.7. The van der Waals surface area contributed by atoms with Crippen molar-refractivity contribution in [1.29, 1.82) is 0 Å². The highest BCUT2D eigenvalue weighted by Crippen LogP contribution is 2.42. The van der Waals surface area contributed by atoms with Crippen molar-refractivity contribution in [2.24, 2.45) is 0 Å². The van der Waals surface area contributed by atoms with Crippen LogP contribution in [0.1, 0.15) is 0 Å². The van der Waals surface area contributed by atoms with Crippen molar-refractivity contribution in [2.45, 2.75) is 0 Å². The minimum Gasteiger partial charge on any atom is -0.310 e. The van der Waals surface area contributed by atoms with Gasteiger partial charge >= 0.3 is 0 Å². The molecule has 13 aromatic rings. The number of hydrogen-bond acceptors (Lipinski definition) is 1. The average molecular weight is 865 g/mol. The van der Waals surface area contributed by atoms with Gasteiger partial charge < -0.3 is 9.47 Å². The van der Waals surface area contributed by atoms with Gasteiger partial charge in [0.15, 0.2) is 0 Å². The van der Waals surface area contributed by atoms with Crippen molar-refractivity contribution >= 4 is 71.2 Å². The standard InChI is InChI=1S/C66H44N2/c1-2-16-46(17-3-1)57-30-13-19-48-20-14-31-58(66(48)57)47-36-40-53(41-37-47)67(54-23-15-24-55(44-54)68-64-32-10-8-28-61(64)62-29-9-11-33-65(62)68)52-38-34-45(35-39-52)49-21-12-22-50(42-49)63-43-51-18-4-5-25-56(51)59-26-6-7-27-60(59)63/h1-44H. The Hall–Kier alpha value is -8.98. The van der Waals surface area contributed by atoms with Gasteiger partial charge in [-0.3, -0.25) is 0 Å². The highest BCUT2D eigenvalue weighted by atomic mass is 15.1. The van der Waals surface area contributed by atoms with Gasteiger partial charge in [0.2, 0.25) is 0 Å². The van der Waals surface area contributed by atoms with Crippen LogP contribution in [0.2, 0.25) is 0 Å². The van der Waals surface area contributed by atoms with E-state index in [1.54, 1.807) is 0 Å². The van der Waals surface area contributed by atoms with Gasteiger partial charge in [-0.1, -0.05) is 200 Å². The molecule has 318 valence electrons. The summed E-state index contributed by atoms with van der Waals surface area (Å²) < 4.78 is 2.40. The van der Waals surface area contributed by atoms with Crippen molar-refractivity contribution in [3.63, 3.8) is 0 Å². The van der Waals surface area contributed by atoms with E-state index in [-0.39, 0.29) is 0 Å². The van der Waals surface area contributed by atoms with Gasteiger partial charge in [0.1, 0.15) is 0 Å². The van der Waals surface area contributed by atoms with E-state index in [2.05, 4.69) is 276 Å². The lowest BCUT2D eigenvalue weighted by molar-refractivity contribution is 1.17. The number of hydrogen-bond donors (Lipinski definition) is 0. The Kier molecular flexibility index (Phi) is 9.54. The van der Waals surface area contributed by atoms with Crippen LogP contribution >= 0.6 is 0 Å². The molecule has 0 bridgehead atoms. The summed E-state index contributed by atoms with van der Waals surface area (Å²) in [6.07, 6.45) is 0. The van der Waals surface area contributed by atoms with Crippen LogP contribution in [0.3, 0.4) is 0 Å². The normalized spacial score (nSPS) is 11.5. The lowest BCUT2D eigenvalue weighted by Crippen LogP contribution is -2.10. The van der Waals surface area contributed by atoms with Crippen molar-refractivity contribution in [2.75, 3.05) is 4.90 Å². The van der Waals surface area contributed by atoms with Crippen molar-refractivity contribution in [3.8, 4) is 50.2 Å². The number of aromatic nitrogens is 1. The summed E-state index contributed by atoms with van der Waals surface area (Å²) in [4.78, 5) is 2.39. The molecule has 0 saturated carbocycles. The molecule has 13 rings (SSSR count). The molecule has 0 aliphatic rings. The number of rotatable bonds is 8. The molecule has 0 aliphatic heterocycles. The second kappa shape index (κ2) is 16.5. The van der Waals surface area contributed by atoms with Crippen molar-refractivity contribution in [3.05, 3.63) is 267 Å². The third-order valence-corrected chi connectivity index (χ3v) is 13.8. The van der Waals surface area contributed by atoms with Crippen LogP contribution in [-0.4, -0.2) is 4.57 Å². The Bertz CT molecular complexity index is 3950. The molecule has 0 N–H and O–H groups in total. The van der Waals surface area contributed by atoms with Gasteiger partial charge in [0.05, 0.1) is 11.0 Å². The molecule has 0 amide bonds. The summed E-state index contributed by atoms with van der Waals surface area (Å²) in [6.45, 7) is 0. The summed E-state index contributed by atoms with van der Waals surface area (Å²) in [5, 5.41) is 10.1. The monoisotopic (exact) mass is 864 g/mol. The second-order valence-electron chi connectivity index (χ2n) is 17.7. The fourth-order valence-electron chi connectivity index (χ4n) is 10.6. The van der Waals surface area contributed by atoms with Gasteiger partial charge in [-0.25, -0.2) is 0 Å². The minimum absolute atomic E-state index is 1.08. The highest BCUT2D eigenvalue weighted by molar-refractivity contribution is 6.14. The van der Waals surface area contributed by atoms with Crippen LogP contribution in [0.4, 0.5) is 17.1 Å². The van der Waals surface area contributed by atoms with Crippen LogP contribution in [0, 0.1) is 0 Å². The van der Waals surface area contributed by atoms with Crippen molar-refractivity contribution in [1.82, 2.24) is 4.57 Å². The highest BCUT2D eigenvalue weighted by Gasteiger charge is 2.18. The third kappa shape index (κ3) is 6.73. The van der Waals surface area contributed by atoms with E-state index in [0.29, 0.717) is 0 Å². The van der Waals surface area contributed by atoms with E-state index in [1.807, 2.05) is 0 Å². The van der Waals surface area contributed by atoms with Crippen LogP contribution in [-0.2, 0) is 0 Å². The lowest BCUT2D eigenvalue weighted by Gasteiger charge is -2.27. The molecule has 1 heterocycles. The maximum absolute atomic E-state index is 2.40. The number of fused-ring (bicyclic) bond motifs is 7. The second-order valence-corrected chi connectivity index (χ2v) is 17.7. The van der Waals surface area contributed by atoms with Gasteiger partial charge in [-0.2, -0.15) is 0 Å². The molecular formula is C66H44N2. The molecule has 0 saturated heterocycles. The van der Waals surface area contributed by atoms with Crippen LogP contribution in [0.5, 0.6) is 0 Å². The Balaban J connectivity index is 0.927. The van der Waals surface area contributed by atoms with E-state index in [0.717, 1.165) is 22.7 Å². The minimum atomic E-state index is 1.08. The Morgan fingerprint density at radius 3 is 1.44 bits per heavy atom. The van der Waals surface area contributed by atoms with Gasteiger partial charge in [0, 0.05) is 33.5 Å². The molecule has 0 spiro atoms. The van der Waals surface area contributed by atoms with Crippen LogP contribution in [0.15, 0.2) is 267 Å². The SMILES string of the molecule is c1ccc(-c2cccc3cccc(-c4ccc(N(c5ccc(-c6cccc(-c7cc8ccccc8c8ccccc78)c6)cc5)c5cccc(-n6c7ccccc7c7ccccc76)c5)cc4)c23)cc1. The molecule has 0 fully saturated rings.